The van der Waals surface area contributed by atoms with E-state index in [2.05, 4.69) is 6.58 Å². The van der Waals surface area contributed by atoms with Gasteiger partial charge in [0.05, 0.1) is 0 Å². The zero-order valence-corrected chi connectivity index (χ0v) is 8.75. The van der Waals surface area contributed by atoms with Crippen LogP contribution in [0.2, 0.25) is 0 Å². The largest absolute Gasteiger partial charge is 0.300 e. The third-order valence-corrected chi connectivity index (χ3v) is 1.75. The van der Waals surface area contributed by atoms with Crippen molar-refractivity contribution < 1.29 is 9.59 Å². The molecule has 0 saturated carbocycles. The molecule has 14 heavy (non-hydrogen) atoms. The average molecular weight is 192 g/mol. The molecular weight excluding hydrogens is 176 g/mol. The van der Waals surface area contributed by atoms with E-state index in [4.69, 9.17) is 0 Å². The second kappa shape index (κ2) is 7.01. The lowest BCUT2D eigenvalue weighted by Gasteiger charge is -1.98. The van der Waals surface area contributed by atoms with Gasteiger partial charge in [-0.1, -0.05) is 30.9 Å². The predicted octanol–water partition coefficient (Wildman–Crippen LogP) is 2.61. The lowest BCUT2D eigenvalue weighted by Crippen LogP contribution is -2.03. The van der Waals surface area contributed by atoms with Gasteiger partial charge in [-0.25, -0.2) is 0 Å². The van der Waals surface area contributed by atoms with Gasteiger partial charge in [0.1, 0.15) is 5.78 Å². The zero-order chi connectivity index (χ0) is 11.0. The maximum atomic E-state index is 11.5. The topological polar surface area (TPSA) is 34.1 Å². The van der Waals surface area contributed by atoms with Gasteiger partial charge in [0, 0.05) is 18.4 Å². The molecule has 0 atom stereocenters. The van der Waals surface area contributed by atoms with Crippen molar-refractivity contribution in [3.05, 3.63) is 36.5 Å². The first-order chi connectivity index (χ1) is 6.61. The summed E-state index contributed by atoms with van der Waals surface area (Å²) in [4.78, 5) is 22.1. The Hall–Kier alpha value is -1.44. The molecule has 0 fully saturated rings. The Morgan fingerprint density at radius 2 is 1.93 bits per heavy atom. The van der Waals surface area contributed by atoms with E-state index in [0.717, 1.165) is 0 Å². The van der Waals surface area contributed by atoms with Crippen LogP contribution in [0.15, 0.2) is 36.5 Å². The molecule has 0 aromatic rings. The Balaban J connectivity index is 4.26. The fourth-order valence-electron chi connectivity index (χ4n) is 0.956. The number of carbonyl (C=O) groups is 2. The highest BCUT2D eigenvalue weighted by atomic mass is 16.1. The van der Waals surface area contributed by atoms with Crippen molar-refractivity contribution in [1.82, 2.24) is 0 Å². The highest BCUT2D eigenvalue weighted by molar-refractivity contribution is 5.99. The molecule has 0 spiro atoms. The molecule has 0 aliphatic heterocycles. The molecular formula is C12H16O2. The summed E-state index contributed by atoms with van der Waals surface area (Å²) < 4.78 is 0. The first-order valence-electron chi connectivity index (χ1n) is 4.59. The van der Waals surface area contributed by atoms with Gasteiger partial charge in [-0.05, 0) is 13.8 Å². The minimum atomic E-state index is 0.000741. The average Bonchev–Trinajstić information content (AvgIpc) is 2.16. The second-order valence-electron chi connectivity index (χ2n) is 2.96. The maximum absolute atomic E-state index is 11.5. The Morgan fingerprint density at radius 3 is 2.36 bits per heavy atom. The van der Waals surface area contributed by atoms with E-state index in [1.165, 1.54) is 6.92 Å². The summed E-state index contributed by atoms with van der Waals surface area (Å²) >= 11 is 0. The number of hydrogen-bond acceptors (Lipinski definition) is 2. The van der Waals surface area contributed by atoms with Gasteiger partial charge in [-0.15, -0.1) is 0 Å². The molecule has 0 aromatic carbocycles. The summed E-state index contributed by atoms with van der Waals surface area (Å²) in [6.07, 6.45) is 7.37. The third-order valence-electron chi connectivity index (χ3n) is 1.75. The minimum Gasteiger partial charge on any atom is -0.300 e. The van der Waals surface area contributed by atoms with Crippen molar-refractivity contribution >= 4 is 11.6 Å². The van der Waals surface area contributed by atoms with Crippen molar-refractivity contribution in [2.45, 2.75) is 26.7 Å². The van der Waals surface area contributed by atoms with E-state index in [-0.39, 0.29) is 18.0 Å². The van der Waals surface area contributed by atoms with Crippen molar-refractivity contribution in [2.75, 3.05) is 0 Å². The van der Waals surface area contributed by atoms with Gasteiger partial charge < -0.3 is 4.79 Å². The molecule has 0 bridgehead atoms. The normalized spacial score (nSPS) is 11.7. The molecule has 2 heteroatoms. The minimum absolute atomic E-state index is 0.000741. The Labute approximate surface area is 85.0 Å². The molecule has 0 unspecified atom stereocenters. The lowest BCUT2D eigenvalue weighted by molar-refractivity contribution is -0.121. The summed E-state index contributed by atoms with van der Waals surface area (Å²) in [7, 11) is 0. The maximum Gasteiger partial charge on any atom is 0.162 e. The fourth-order valence-corrected chi connectivity index (χ4v) is 0.956. The first kappa shape index (κ1) is 12.6. The lowest BCUT2D eigenvalue weighted by atomic mass is 10.1. The van der Waals surface area contributed by atoms with Gasteiger partial charge in [-0.3, -0.25) is 4.79 Å². The number of carbonyl (C=O) groups excluding carboxylic acids is 2. The summed E-state index contributed by atoms with van der Waals surface area (Å²) in [6, 6.07) is 0. The van der Waals surface area contributed by atoms with Crippen LogP contribution in [0.1, 0.15) is 26.7 Å². The Bertz CT molecular complexity index is 283. The van der Waals surface area contributed by atoms with Crippen LogP contribution in [-0.2, 0) is 9.59 Å². The molecule has 2 nitrogen and oxygen atoms in total. The molecule has 0 aromatic heterocycles. The molecule has 0 N–H and O–H groups in total. The number of Topliss-reactive ketones (excluding diaryl/α,β-unsaturated/α-hetero) is 2. The molecule has 0 saturated heterocycles. The van der Waals surface area contributed by atoms with Crippen LogP contribution in [0.4, 0.5) is 0 Å². The number of hydrogen-bond donors (Lipinski definition) is 0. The third kappa shape index (κ3) is 5.25. The molecule has 0 aliphatic carbocycles. The van der Waals surface area contributed by atoms with Gasteiger partial charge in [0.2, 0.25) is 0 Å². The van der Waals surface area contributed by atoms with Crippen LogP contribution < -0.4 is 0 Å². The van der Waals surface area contributed by atoms with Crippen LogP contribution in [0.5, 0.6) is 0 Å². The quantitative estimate of drug-likeness (QED) is 0.479. The summed E-state index contributed by atoms with van der Waals surface area (Å²) in [5.74, 6) is 0.0438. The summed E-state index contributed by atoms with van der Waals surface area (Å²) in [6.45, 7) is 6.81. The van der Waals surface area contributed by atoms with Gasteiger partial charge in [-0.2, -0.15) is 0 Å². The smallest absolute Gasteiger partial charge is 0.162 e. The number of rotatable bonds is 6. The van der Waals surface area contributed by atoms with Crippen LogP contribution in [0, 0.1) is 0 Å². The highest BCUT2D eigenvalue weighted by Crippen LogP contribution is 2.05. The van der Waals surface area contributed by atoms with Crippen molar-refractivity contribution in [1.29, 1.82) is 0 Å². The number of ketones is 2. The van der Waals surface area contributed by atoms with E-state index >= 15 is 0 Å². The standard InChI is InChI=1S/C12H16O2/c1-4-6-7-11(5-2)12(14)9-8-10(3)13/h4-7H,1,8-9H2,2-3H3/b7-6-,11-5+. The van der Waals surface area contributed by atoms with Crippen LogP contribution in [0.25, 0.3) is 0 Å². The predicted molar refractivity (Wildman–Crippen MR) is 58.0 cm³/mol. The van der Waals surface area contributed by atoms with Crippen molar-refractivity contribution in [3.8, 4) is 0 Å². The van der Waals surface area contributed by atoms with E-state index in [1.807, 2.05) is 0 Å². The summed E-state index contributed by atoms with van der Waals surface area (Å²) in [5, 5.41) is 0. The second-order valence-corrected chi connectivity index (χ2v) is 2.96. The van der Waals surface area contributed by atoms with E-state index < -0.39 is 0 Å². The zero-order valence-electron chi connectivity index (χ0n) is 8.75. The van der Waals surface area contributed by atoms with Gasteiger partial charge >= 0.3 is 0 Å². The molecule has 0 amide bonds. The Kier molecular flexibility index (Phi) is 6.29. The highest BCUT2D eigenvalue weighted by Gasteiger charge is 2.06. The molecule has 0 rings (SSSR count). The SMILES string of the molecule is C=C/C=C\C(=C/C)C(=O)CCC(C)=O. The van der Waals surface area contributed by atoms with E-state index in [0.29, 0.717) is 12.0 Å². The van der Waals surface area contributed by atoms with Gasteiger partial charge in [0.25, 0.3) is 0 Å². The van der Waals surface area contributed by atoms with E-state index in [9.17, 15) is 9.59 Å². The van der Waals surface area contributed by atoms with Crippen molar-refractivity contribution in [3.63, 3.8) is 0 Å². The fraction of sp³-hybridized carbons (Fsp3) is 0.333. The molecule has 0 heterocycles. The molecule has 0 radical (unpaired) electrons. The van der Waals surface area contributed by atoms with Crippen molar-refractivity contribution in [2.24, 2.45) is 0 Å². The first-order valence-corrected chi connectivity index (χ1v) is 4.59. The van der Waals surface area contributed by atoms with E-state index in [1.54, 1.807) is 31.2 Å². The summed E-state index contributed by atoms with van der Waals surface area (Å²) in [5.41, 5.74) is 0.631. The van der Waals surface area contributed by atoms with Gasteiger partial charge in [0.15, 0.2) is 5.78 Å². The Morgan fingerprint density at radius 1 is 1.29 bits per heavy atom. The van der Waals surface area contributed by atoms with Crippen LogP contribution in [0.3, 0.4) is 0 Å². The number of allylic oxidation sites excluding steroid dienone is 5. The molecule has 76 valence electrons. The molecule has 0 aliphatic rings. The van der Waals surface area contributed by atoms with Crippen LogP contribution >= 0.6 is 0 Å². The van der Waals surface area contributed by atoms with Crippen LogP contribution in [-0.4, -0.2) is 11.6 Å². The monoisotopic (exact) mass is 192 g/mol.